The van der Waals surface area contributed by atoms with Crippen LogP contribution in [0, 0.1) is 11.8 Å². The van der Waals surface area contributed by atoms with E-state index < -0.39 is 0 Å². The van der Waals surface area contributed by atoms with Gasteiger partial charge >= 0.3 is 0 Å². The fourth-order valence-electron chi connectivity index (χ4n) is 3.69. The molecule has 3 fully saturated rings. The molecule has 3 rings (SSSR count). The molecule has 3 aliphatic rings. The zero-order chi connectivity index (χ0) is 11.1. The van der Waals surface area contributed by atoms with Gasteiger partial charge in [0.05, 0.1) is 12.1 Å². The first-order valence-corrected chi connectivity index (χ1v) is 6.88. The topological polar surface area (TPSA) is 38.5 Å². The minimum absolute atomic E-state index is 0.374. The summed E-state index contributed by atoms with van der Waals surface area (Å²) in [6.45, 7) is 5.77. The van der Waals surface area contributed by atoms with E-state index in [9.17, 15) is 0 Å². The number of fused-ring (bicyclic) bond motifs is 1. The van der Waals surface area contributed by atoms with Gasteiger partial charge in [-0.3, -0.25) is 4.90 Å². The number of hydrogen-bond donors (Lipinski definition) is 1. The monoisotopic (exact) mass is 224 g/mol. The molecule has 2 heterocycles. The highest BCUT2D eigenvalue weighted by Crippen LogP contribution is 2.40. The van der Waals surface area contributed by atoms with Gasteiger partial charge in [0, 0.05) is 18.6 Å². The van der Waals surface area contributed by atoms with Gasteiger partial charge in [0.15, 0.2) is 0 Å². The highest BCUT2D eigenvalue weighted by Gasteiger charge is 2.52. The Hall–Kier alpha value is -0.120. The number of piperidine rings is 1. The Morgan fingerprint density at radius 1 is 1.19 bits per heavy atom. The molecule has 4 unspecified atom stereocenters. The van der Waals surface area contributed by atoms with Crippen LogP contribution in [0.3, 0.4) is 0 Å². The van der Waals surface area contributed by atoms with Crippen molar-refractivity contribution in [2.75, 3.05) is 19.7 Å². The third kappa shape index (κ3) is 1.69. The molecule has 2 aliphatic heterocycles. The van der Waals surface area contributed by atoms with Crippen molar-refractivity contribution in [3.63, 3.8) is 0 Å². The molecule has 0 aromatic heterocycles. The Balaban J connectivity index is 1.62. The van der Waals surface area contributed by atoms with Gasteiger partial charge in [0.1, 0.15) is 0 Å². The highest BCUT2D eigenvalue weighted by molar-refractivity contribution is 5.08. The van der Waals surface area contributed by atoms with Gasteiger partial charge in [0.25, 0.3) is 0 Å². The van der Waals surface area contributed by atoms with E-state index in [0.29, 0.717) is 24.1 Å². The molecular formula is C13H24N2O. The van der Waals surface area contributed by atoms with Crippen LogP contribution in [0.4, 0.5) is 0 Å². The molecule has 0 bridgehead atoms. The summed E-state index contributed by atoms with van der Waals surface area (Å²) >= 11 is 0. The van der Waals surface area contributed by atoms with Crippen molar-refractivity contribution in [1.29, 1.82) is 0 Å². The fraction of sp³-hybridized carbons (Fsp3) is 1.00. The molecule has 3 heteroatoms. The molecule has 2 saturated heterocycles. The number of likely N-dealkylation sites (tertiary alicyclic amines) is 1. The molecule has 0 aromatic carbocycles. The van der Waals surface area contributed by atoms with Gasteiger partial charge in [-0.1, -0.05) is 6.92 Å². The summed E-state index contributed by atoms with van der Waals surface area (Å²) < 4.78 is 5.92. The van der Waals surface area contributed by atoms with Crippen molar-refractivity contribution >= 4 is 0 Å². The van der Waals surface area contributed by atoms with Crippen LogP contribution in [0.5, 0.6) is 0 Å². The predicted molar refractivity (Wildman–Crippen MR) is 64.2 cm³/mol. The molecule has 0 aromatic rings. The minimum atomic E-state index is 0.374. The van der Waals surface area contributed by atoms with Crippen LogP contribution >= 0.6 is 0 Å². The van der Waals surface area contributed by atoms with E-state index >= 15 is 0 Å². The number of nitrogens with two attached hydrogens (primary N) is 1. The van der Waals surface area contributed by atoms with Gasteiger partial charge in [-0.25, -0.2) is 0 Å². The Bertz CT molecular complexity index is 250. The van der Waals surface area contributed by atoms with Gasteiger partial charge in [-0.05, 0) is 44.7 Å². The lowest BCUT2D eigenvalue weighted by Gasteiger charge is -2.57. The lowest BCUT2D eigenvalue weighted by Crippen LogP contribution is -2.72. The first-order valence-electron chi connectivity index (χ1n) is 6.88. The lowest BCUT2D eigenvalue weighted by atomic mass is 9.67. The van der Waals surface area contributed by atoms with Crippen LogP contribution in [0.25, 0.3) is 0 Å². The van der Waals surface area contributed by atoms with Crippen LogP contribution in [0.1, 0.15) is 32.6 Å². The summed E-state index contributed by atoms with van der Waals surface area (Å²) in [5.74, 6) is 1.55. The van der Waals surface area contributed by atoms with Gasteiger partial charge in [-0.15, -0.1) is 0 Å². The number of rotatable bonds is 1. The SMILES string of the molecule is CC1CCN(C2C(N)C3CCCOC32)CC1. The van der Waals surface area contributed by atoms with E-state index in [0.717, 1.165) is 12.5 Å². The molecule has 3 nitrogen and oxygen atoms in total. The van der Waals surface area contributed by atoms with Crippen molar-refractivity contribution in [3.05, 3.63) is 0 Å². The average molecular weight is 224 g/mol. The smallest absolute Gasteiger partial charge is 0.0788 e. The maximum atomic E-state index is 6.32. The normalized spacial score (nSPS) is 46.1. The van der Waals surface area contributed by atoms with Crippen molar-refractivity contribution in [3.8, 4) is 0 Å². The fourth-order valence-corrected chi connectivity index (χ4v) is 3.69. The van der Waals surface area contributed by atoms with Crippen LogP contribution in [0.2, 0.25) is 0 Å². The van der Waals surface area contributed by atoms with E-state index in [1.807, 2.05) is 0 Å². The Morgan fingerprint density at radius 3 is 2.69 bits per heavy atom. The molecule has 2 N–H and O–H groups in total. The molecule has 1 aliphatic carbocycles. The van der Waals surface area contributed by atoms with Crippen LogP contribution < -0.4 is 5.73 Å². The Kier molecular flexibility index (Phi) is 2.94. The summed E-state index contributed by atoms with van der Waals surface area (Å²) in [4.78, 5) is 2.59. The zero-order valence-electron chi connectivity index (χ0n) is 10.3. The predicted octanol–water partition coefficient (Wildman–Crippen LogP) is 1.22. The van der Waals surface area contributed by atoms with E-state index in [2.05, 4.69) is 11.8 Å². The van der Waals surface area contributed by atoms with Crippen molar-refractivity contribution in [2.24, 2.45) is 17.6 Å². The van der Waals surface area contributed by atoms with E-state index in [1.54, 1.807) is 0 Å². The lowest BCUT2D eigenvalue weighted by molar-refractivity contribution is -0.158. The average Bonchev–Trinajstić information content (AvgIpc) is 2.31. The molecule has 1 saturated carbocycles. The van der Waals surface area contributed by atoms with E-state index in [4.69, 9.17) is 10.5 Å². The van der Waals surface area contributed by atoms with Gasteiger partial charge < -0.3 is 10.5 Å². The number of ether oxygens (including phenoxy) is 1. The second-order valence-corrected chi connectivity index (χ2v) is 5.93. The summed E-state index contributed by atoms with van der Waals surface area (Å²) in [6, 6.07) is 0.900. The molecule has 0 spiro atoms. The summed E-state index contributed by atoms with van der Waals surface area (Å²) in [5.41, 5.74) is 6.32. The van der Waals surface area contributed by atoms with Crippen molar-refractivity contribution in [2.45, 2.75) is 50.8 Å². The van der Waals surface area contributed by atoms with E-state index in [-0.39, 0.29) is 0 Å². The third-order valence-electron chi connectivity index (χ3n) is 4.88. The van der Waals surface area contributed by atoms with E-state index in [1.165, 1.54) is 38.8 Å². The minimum Gasteiger partial charge on any atom is -0.376 e. The Morgan fingerprint density at radius 2 is 1.94 bits per heavy atom. The third-order valence-corrected chi connectivity index (χ3v) is 4.88. The van der Waals surface area contributed by atoms with Crippen LogP contribution in [-0.4, -0.2) is 42.8 Å². The summed E-state index contributed by atoms with van der Waals surface area (Å²) in [6.07, 6.45) is 5.61. The molecule has 16 heavy (non-hydrogen) atoms. The first-order chi connectivity index (χ1) is 7.77. The first kappa shape index (κ1) is 11.0. The molecule has 4 atom stereocenters. The molecule has 0 amide bonds. The molecular weight excluding hydrogens is 200 g/mol. The number of hydrogen-bond acceptors (Lipinski definition) is 3. The highest BCUT2D eigenvalue weighted by atomic mass is 16.5. The quantitative estimate of drug-likeness (QED) is 0.728. The van der Waals surface area contributed by atoms with Crippen molar-refractivity contribution < 1.29 is 4.74 Å². The van der Waals surface area contributed by atoms with Crippen LogP contribution in [0.15, 0.2) is 0 Å². The maximum Gasteiger partial charge on any atom is 0.0788 e. The van der Waals surface area contributed by atoms with Gasteiger partial charge in [-0.2, -0.15) is 0 Å². The maximum absolute atomic E-state index is 6.32. The summed E-state index contributed by atoms with van der Waals surface area (Å²) in [7, 11) is 0. The standard InChI is InChI=1S/C13H24N2O/c1-9-4-6-15(7-5-9)12-11(14)10-3-2-8-16-13(10)12/h9-13H,2-8,14H2,1H3. The summed E-state index contributed by atoms with van der Waals surface area (Å²) in [5, 5.41) is 0. The second kappa shape index (κ2) is 4.28. The number of nitrogens with zero attached hydrogens (tertiary/aromatic N) is 1. The zero-order valence-corrected chi connectivity index (χ0v) is 10.3. The Labute approximate surface area is 98.3 Å². The second-order valence-electron chi connectivity index (χ2n) is 5.93. The molecule has 92 valence electrons. The largest absolute Gasteiger partial charge is 0.376 e. The van der Waals surface area contributed by atoms with Crippen molar-refractivity contribution in [1.82, 2.24) is 4.90 Å². The van der Waals surface area contributed by atoms with Gasteiger partial charge in [0.2, 0.25) is 0 Å². The molecule has 0 radical (unpaired) electrons. The van der Waals surface area contributed by atoms with Crippen LogP contribution in [-0.2, 0) is 4.74 Å².